The van der Waals surface area contributed by atoms with Gasteiger partial charge in [-0.15, -0.1) is 0 Å². The SMILES string of the molecule is O=C(NC1CCN(C2CCCCC2)C1)N(c1ccccc1)c1ccccc1.O=C(O)C=CC(=O)O. The molecule has 1 unspecified atom stereocenters. The molecule has 186 valence electrons. The third-order valence-electron chi connectivity index (χ3n) is 6.24. The van der Waals surface area contributed by atoms with E-state index < -0.39 is 11.9 Å². The maximum atomic E-state index is 13.2. The molecule has 2 aliphatic rings. The fourth-order valence-corrected chi connectivity index (χ4v) is 4.60. The number of amides is 2. The summed E-state index contributed by atoms with van der Waals surface area (Å²) in [6.45, 7) is 2.08. The van der Waals surface area contributed by atoms with E-state index in [1.807, 2.05) is 60.7 Å². The van der Waals surface area contributed by atoms with Gasteiger partial charge in [-0.25, -0.2) is 14.4 Å². The number of nitrogens with one attached hydrogen (secondary N) is 1. The van der Waals surface area contributed by atoms with Crippen molar-refractivity contribution in [3.63, 3.8) is 0 Å². The van der Waals surface area contributed by atoms with Crippen LogP contribution in [-0.2, 0) is 9.59 Å². The monoisotopic (exact) mass is 479 g/mol. The van der Waals surface area contributed by atoms with Crippen LogP contribution < -0.4 is 10.2 Å². The number of anilines is 2. The molecule has 2 aromatic rings. The van der Waals surface area contributed by atoms with Crippen molar-refractivity contribution < 1.29 is 24.6 Å². The van der Waals surface area contributed by atoms with E-state index in [9.17, 15) is 14.4 Å². The van der Waals surface area contributed by atoms with Crippen molar-refractivity contribution in [3.8, 4) is 0 Å². The average molecular weight is 480 g/mol. The average Bonchev–Trinajstić information content (AvgIpc) is 3.34. The number of carbonyl (C=O) groups is 3. The molecule has 1 aliphatic carbocycles. The number of hydrogen-bond donors (Lipinski definition) is 3. The highest BCUT2D eigenvalue weighted by molar-refractivity contribution is 5.99. The Morgan fingerprint density at radius 3 is 1.80 bits per heavy atom. The summed E-state index contributed by atoms with van der Waals surface area (Å²) in [5.74, 6) is -2.51. The molecule has 35 heavy (non-hydrogen) atoms. The van der Waals surface area contributed by atoms with Crippen molar-refractivity contribution in [1.29, 1.82) is 0 Å². The molecule has 2 aromatic carbocycles. The molecule has 1 saturated carbocycles. The summed E-state index contributed by atoms with van der Waals surface area (Å²) >= 11 is 0. The number of carboxylic acids is 2. The Balaban J connectivity index is 0.000000371. The van der Waals surface area contributed by atoms with Crippen LogP contribution in [0.4, 0.5) is 16.2 Å². The number of benzene rings is 2. The fraction of sp³-hybridized carbons (Fsp3) is 0.370. The first-order valence-electron chi connectivity index (χ1n) is 12.0. The molecule has 2 amide bonds. The third kappa shape index (κ3) is 8.26. The molecule has 0 spiro atoms. The molecule has 0 bridgehead atoms. The van der Waals surface area contributed by atoms with Gasteiger partial charge in [0.05, 0.1) is 11.4 Å². The van der Waals surface area contributed by atoms with Gasteiger partial charge in [-0.05, 0) is 43.5 Å². The highest BCUT2D eigenvalue weighted by Gasteiger charge is 2.31. The minimum absolute atomic E-state index is 0.0390. The number of carbonyl (C=O) groups excluding carboxylic acids is 1. The molecule has 0 aromatic heterocycles. The summed E-state index contributed by atoms with van der Waals surface area (Å²) in [5.41, 5.74) is 1.78. The zero-order valence-corrected chi connectivity index (χ0v) is 19.8. The summed E-state index contributed by atoms with van der Waals surface area (Å²) in [7, 11) is 0. The standard InChI is InChI=1S/C23H29N3O.C4H4O4/c27-23(24-19-16-17-25(18-19)20-10-4-1-5-11-20)26(21-12-6-2-7-13-21)22-14-8-3-9-15-22;5-3(6)1-2-4(7)8/h2-3,6-9,12-15,19-20H,1,4-5,10-11,16-18H2,(H,24,27);1-2H,(H,5,6)(H,7,8). The Kier molecular flexibility index (Phi) is 9.86. The van der Waals surface area contributed by atoms with Crippen LogP contribution in [-0.4, -0.2) is 58.3 Å². The Hall–Kier alpha value is -3.65. The molecule has 3 N–H and O–H groups in total. The van der Waals surface area contributed by atoms with E-state index in [2.05, 4.69) is 10.2 Å². The summed E-state index contributed by atoms with van der Waals surface area (Å²) in [4.78, 5) is 36.7. The zero-order chi connectivity index (χ0) is 25.0. The number of rotatable bonds is 6. The van der Waals surface area contributed by atoms with Crippen LogP contribution in [0.15, 0.2) is 72.8 Å². The first-order chi connectivity index (χ1) is 16.9. The molecule has 1 heterocycles. The lowest BCUT2D eigenvalue weighted by Crippen LogP contribution is -2.45. The fourth-order valence-electron chi connectivity index (χ4n) is 4.60. The first-order valence-corrected chi connectivity index (χ1v) is 12.0. The molecule has 4 rings (SSSR count). The summed E-state index contributed by atoms with van der Waals surface area (Å²) in [6.07, 6.45) is 8.89. The number of aliphatic carboxylic acids is 2. The largest absolute Gasteiger partial charge is 0.478 e. The Labute approximate surface area is 205 Å². The van der Waals surface area contributed by atoms with Gasteiger partial charge in [0.15, 0.2) is 0 Å². The Morgan fingerprint density at radius 2 is 1.31 bits per heavy atom. The van der Waals surface area contributed by atoms with Gasteiger partial charge in [0, 0.05) is 37.3 Å². The third-order valence-corrected chi connectivity index (χ3v) is 6.24. The van der Waals surface area contributed by atoms with E-state index in [-0.39, 0.29) is 12.1 Å². The normalized spacial score (nSPS) is 18.5. The van der Waals surface area contributed by atoms with Gasteiger partial charge in [0.2, 0.25) is 0 Å². The van der Waals surface area contributed by atoms with Crippen molar-refractivity contribution in [2.75, 3.05) is 18.0 Å². The van der Waals surface area contributed by atoms with Crippen molar-refractivity contribution in [2.45, 2.75) is 50.6 Å². The lowest BCUT2D eigenvalue weighted by molar-refractivity contribution is -0.134. The van der Waals surface area contributed by atoms with Crippen LogP contribution in [0.3, 0.4) is 0 Å². The minimum atomic E-state index is -1.26. The first kappa shape index (κ1) is 26.0. The second-order valence-corrected chi connectivity index (χ2v) is 8.74. The van der Waals surface area contributed by atoms with Gasteiger partial charge >= 0.3 is 18.0 Å². The number of para-hydroxylation sites is 2. The molecule has 8 nitrogen and oxygen atoms in total. The highest BCUT2D eigenvalue weighted by atomic mass is 16.4. The van der Waals surface area contributed by atoms with E-state index in [0.29, 0.717) is 12.2 Å². The number of likely N-dealkylation sites (tertiary alicyclic amines) is 1. The molecule has 1 aliphatic heterocycles. The molecule has 1 saturated heterocycles. The van der Waals surface area contributed by atoms with E-state index in [1.54, 1.807) is 4.90 Å². The van der Waals surface area contributed by atoms with Gasteiger partial charge in [0.25, 0.3) is 0 Å². The summed E-state index contributed by atoms with van der Waals surface area (Å²) < 4.78 is 0. The quantitative estimate of drug-likeness (QED) is 0.520. The molecular weight excluding hydrogens is 446 g/mol. The van der Waals surface area contributed by atoms with Gasteiger partial charge in [-0.1, -0.05) is 55.7 Å². The molecule has 8 heteroatoms. The van der Waals surface area contributed by atoms with Crippen molar-refractivity contribution >= 4 is 29.3 Å². The molecule has 2 fully saturated rings. The minimum Gasteiger partial charge on any atom is -0.478 e. The van der Waals surface area contributed by atoms with Crippen molar-refractivity contribution in [3.05, 3.63) is 72.8 Å². The van der Waals surface area contributed by atoms with Crippen LogP contribution >= 0.6 is 0 Å². The number of hydrogen-bond acceptors (Lipinski definition) is 4. The van der Waals surface area contributed by atoms with Crippen LogP contribution in [0.25, 0.3) is 0 Å². The molecular formula is C27H33N3O5. The number of nitrogens with zero attached hydrogens (tertiary/aromatic N) is 2. The van der Waals surface area contributed by atoms with Crippen LogP contribution in [0.5, 0.6) is 0 Å². The van der Waals surface area contributed by atoms with E-state index in [1.165, 1.54) is 32.1 Å². The Morgan fingerprint density at radius 1 is 0.800 bits per heavy atom. The lowest BCUT2D eigenvalue weighted by Gasteiger charge is -2.31. The topological polar surface area (TPSA) is 110 Å². The van der Waals surface area contributed by atoms with Crippen LogP contribution in [0.1, 0.15) is 38.5 Å². The summed E-state index contributed by atoms with van der Waals surface area (Å²) in [6, 6.07) is 20.7. The van der Waals surface area contributed by atoms with E-state index in [4.69, 9.17) is 10.2 Å². The molecule has 0 radical (unpaired) electrons. The van der Waals surface area contributed by atoms with Gasteiger partial charge < -0.3 is 15.5 Å². The Bertz CT molecular complexity index is 935. The van der Waals surface area contributed by atoms with Gasteiger partial charge in [-0.3, -0.25) is 9.80 Å². The summed E-state index contributed by atoms with van der Waals surface area (Å²) in [5, 5.41) is 18.9. The maximum Gasteiger partial charge on any atom is 0.328 e. The maximum absolute atomic E-state index is 13.2. The van der Waals surface area contributed by atoms with Crippen LogP contribution in [0.2, 0.25) is 0 Å². The van der Waals surface area contributed by atoms with Gasteiger partial charge in [0.1, 0.15) is 0 Å². The van der Waals surface area contributed by atoms with E-state index >= 15 is 0 Å². The second kappa shape index (κ2) is 13.3. The highest BCUT2D eigenvalue weighted by Crippen LogP contribution is 2.27. The smallest absolute Gasteiger partial charge is 0.328 e. The van der Waals surface area contributed by atoms with E-state index in [0.717, 1.165) is 36.9 Å². The molecule has 1 atom stereocenters. The number of carboxylic acid groups (broad SMARTS) is 2. The van der Waals surface area contributed by atoms with Crippen molar-refractivity contribution in [2.24, 2.45) is 0 Å². The van der Waals surface area contributed by atoms with Gasteiger partial charge in [-0.2, -0.15) is 0 Å². The lowest BCUT2D eigenvalue weighted by atomic mass is 9.94. The predicted molar refractivity (Wildman–Crippen MR) is 135 cm³/mol. The van der Waals surface area contributed by atoms with Crippen LogP contribution in [0, 0.1) is 0 Å². The second-order valence-electron chi connectivity index (χ2n) is 8.74. The number of urea groups is 1. The zero-order valence-electron chi connectivity index (χ0n) is 19.8. The predicted octanol–water partition coefficient (Wildman–Crippen LogP) is 4.65. The van der Waals surface area contributed by atoms with Crippen molar-refractivity contribution in [1.82, 2.24) is 10.2 Å².